The summed E-state index contributed by atoms with van der Waals surface area (Å²) < 4.78 is 5.76. The Kier molecular flexibility index (Phi) is 4.53. The fourth-order valence-corrected chi connectivity index (χ4v) is 1.90. The molecular weight excluding hydrogens is 236 g/mol. The number of nitrogens with zero attached hydrogens (tertiary/aromatic N) is 2. The normalized spacial score (nSPS) is 10.7. The van der Waals surface area contributed by atoms with Gasteiger partial charge in [-0.3, -0.25) is 4.98 Å². The van der Waals surface area contributed by atoms with Crippen molar-refractivity contribution in [3.63, 3.8) is 0 Å². The van der Waals surface area contributed by atoms with E-state index < -0.39 is 0 Å². The van der Waals surface area contributed by atoms with Gasteiger partial charge in [-0.15, -0.1) is 0 Å². The minimum atomic E-state index is 0.700. The molecule has 0 aliphatic heterocycles. The van der Waals surface area contributed by atoms with E-state index in [4.69, 9.17) is 4.74 Å². The average Bonchev–Trinajstić information content (AvgIpc) is 2.39. The van der Waals surface area contributed by atoms with Crippen LogP contribution in [0.25, 0.3) is 11.1 Å². The highest BCUT2D eigenvalue weighted by Crippen LogP contribution is 2.25. The third-order valence-electron chi connectivity index (χ3n) is 2.97. The van der Waals surface area contributed by atoms with Gasteiger partial charge in [-0.2, -0.15) is 0 Å². The summed E-state index contributed by atoms with van der Waals surface area (Å²) in [6, 6.07) is 10.2. The Balaban J connectivity index is 2.13. The Labute approximate surface area is 114 Å². The summed E-state index contributed by atoms with van der Waals surface area (Å²) in [6.07, 6.45) is 3.71. The maximum absolute atomic E-state index is 5.76. The van der Waals surface area contributed by atoms with Gasteiger partial charge >= 0.3 is 0 Å². The largest absolute Gasteiger partial charge is 0.492 e. The van der Waals surface area contributed by atoms with Gasteiger partial charge in [0.2, 0.25) is 0 Å². The molecule has 3 heteroatoms. The molecule has 0 bridgehead atoms. The number of aromatic nitrogens is 1. The van der Waals surface area contributed by atoms with E-state index in [9.17, 15) is 0 Å². The number of pyridine rings is 1. The van der Waals surface area contributed by atoms with Crippen molar-refractivity contribution in [2.45, 2.75) is 6.92 Å². The summed E-state index contributed by atoms with van der Waals surface area (Å²) in [7, 11) is 4.08. The van der Waals surface area contributed by atoms with Gasteiger partial charge in [-0.25, -0.2) is 0 Å². The van der Waals surface area contributed by atoms with E-state index in [1.807, 2.05) is 44.7 Å². The lowest BCUT2D eigenvalue weighted by molar-refractivity contribution is 0.261. The Hall–Kier alpha value is -1.87. The van der Waals surface area contributed by atoms with Crippen LogP contribution < -0.4 is 4.74 Å². The Morgan fingerprint density at radius 3 is 2.79 bits per heavy atom. The smallest absolute Gasteiger partial charge is 0.119 e. The Bertz CT molecular complexity index is 538. The van der Waals surface area contributed by atoms with Crippen LogP contribution >= 0.6 is 0 Å². The second-order valence-electron chi connectivity index (χ2n) is 4.87. The van der Waals surface area contributed by atoms with Crippen molar-refractivity contribution in [2.75, 3.05) is 27.2 Å². The van der Waals surface area contributed by atoms with Crippen molar-refractivity contribution in [3.8, 4) is 16.9 Å². The first-order chi connectivity index (χ1) is 9.16. The first kappa shape index (κ1) is 13.6. The molecule has 19 heavy (non-hydrogen) atoms. The van der Waals surface area contributed by atoms with E-state index >= 15 is 0 Å². The summed E-state index contributed by atoms with van der Waals surface area (Å²) in [5, 5.41) is 0. The van der Waals surface area contributed by atoms with Crippen molar-refractivity contribution in [1.29, 1.82) is 0 Å². The van der Waals surface area contributed by atoms with Crippen molar-refractivity contribution in [2.24, 2.45) is 0 Å². The number of hydrogen-bond acceptors (Lipinski definition) is 3. The molecule has 0 radical (unpaired) electrons. The molecule has 0 N–H and O–H groups in total. The van der Waals surface area contributed by atoms with E-state index in [0.717, 1.165) is 12.3 Å². The van der Waals surface area contributed by atoms with Crippen LogP contribution in [0.3, 0.4) is 0 Å². The zero-order valence-corrected chi connectivity index (χ0v) is 11.8. The third-order valence-corrected chi connectivity index (χ3v) is 2.97. The SMILES string of the molecule is Cc1cnccc1-c1cccc(OCCN(C)C)c1. The summed E-state index contributed by atoms with van der Waals surface area (Å²) in [5.74, 6) is 0.913. The molecule has 0 aliphatic carbocycles. The number of benzene rings is 1. The molecular formula is C16H20N2O. The molecule has 0 saturated heterocycles. The summed E-state index contributed by atoms with van der Waals surface area (Å²) >= 11 is 0. The average molecular weight is 256 g/mol. The van der Waals surface area contributed by atoms with Crippen LogP contribution in [-0.4, -0.2) is 37.1 Å². The standard InChI is InChI=1S/C16H20N2O/c1-13-12-17-8-7-16(13)14-5-4-6-15(11-14)19-10-9-18(2)3/h4-8,11-12H,9-10H2,1-3H3. The zero-order valence-electron chi connectivity index (χ0n) is 11.8. The Morgan fingerprint density at radius 2 is 2.05 bits per heavy atom. The molecule has 2 aromatic rings. The molecule has 0 amide bonds. The molecule has 1 aromatic carbocycles. The molecule has 100 valence electrons. The monoisotopic (exact) mass is 256 g/mol. The molecule has 2 rings (SSSR count). The summed E-state index contributed by atoms with van der Waals surface area (Å²) in [4.78, 5) is 6.23. The van der Waals surface area contributed by atoms with E-state index in [2.05, 4.69) is 28.9 Å². The molecule has 0 atom stereocenters. The lowest BCUT2D eigenvalue weighted by Crippen LogP contribution is -2.19. The van der Waals surface area contributed by atoms with Crippen LogP contribution in [0.1, 0.15) is 5.56 Å². The van der Waals surface area contributed by atoms with Gasteiger partial charge in [0.15, 0.2) is 0 Å². The number of likely N-dealkylation sites (N-methyl/N-ethyl adjacent to an activating group) is 1. The minimum absolute atomic E-state index is 0.700. The minimum Gasteiger partial charge on any atom is -0.492 e. The highest BCUT2D eigenvalue weighted by atomic mass is 16.5. The van der Waals surface area contributed by atoms with E-state index in [-0.39, 0.29) is 0 Å². The molecule has 0 spiro atoms. The van der Waals surface area contributed by atoms with Gasteiger partial charge in [-0.05, 0) is 55.9 Å². The van der Waals surface area contributed by atoms with Gasteiger partial charge in [0.1, 0.15) is 12.4 Å². The van der Waals surface area contributed by atoms with Crippen LogP contribution in [0.2, 0.25) is 0 Å². The predicted octanol–water partition coefficient (Wildman–Crippen LogP) is 3.00. The van der Waals surface area contributed by atoms with Crippen molar-refractivity contribution in [3.05, 3.63) is 48.3 Å². The molecule has 0 aliphatic rings. The lowest BCUT2D eigenvalue weighted by atomic mass is 10.0. The fourth-order valence-electron chi connectivity index (χ4n) is 1.90. The molecule has 0 fully saturated rings. The predicted molar refractivity (Wildman–Crippen MR) is 78.5 cm³/mol. The second kappa shape index (κ2) is 6.34. The number of aryl methyl sites for hydroxylation is 1. The van der Waals surface area contributed by atoms with Crippen molar-refractivity contribution in [1.82, 2.24) is 9.88 Å². The molecule has 1 aromatic heterocycles. The number of ether oxygens (including phenoxy) is 1. The van der Waals surface area contributed by atoms with Gasteiger partial charge in [-0.1, -0.05) is 12.1 Å². The number of rotatable bonds is 5. The van der Waals surface area contributed by atoms with E-state index in [1.165, 1.54) is 16.7 Å². The fraction of sp³-hybridized carbons (Fsp3) is 0.312. The van der Waals surface area contributed by atoms with Gasteiger partial charge in [0, 0.05) is 18.9 Å². The van der Waals surface area contributed by atoms with Crippen LogP contribution in [0.15, 0.2) is 42.7 Å². The van der Waals surface area contributed by atoms with Crippen LogP contribution in [0, 0.1) is 6.92 Å². The highest BCUT2D eigenvalue weighted by Gasteiger charge is 2.03. The second-order valence-corrected chi connectivity index (χ2v) is 4.87. The maximum atomic E-state index is 5.76. The topological polar surface area (TPSA) is 25.4 Å². The van der Waals surface area contributed by atoms with Crippen molar-refractivity contribution >= 4 is 0 Å². The summed E-state index contributed by atoms with van der Waals surface area (Å²) in [5.41, 5.74) is 3.54. The maximum Gasteiger partial charge on any atom is 0.119 e. The Morgan fingerprint density at radius 1 is 1.21 bits per heavy atom. The van der Waals surface area contributed by atoms with E-state index in [1.54, 1.807) is 0 Å². The first-order valence-electron chi connectivity index (χ1n) is 6.45. The van der Waals surface area contributed by atoms with E-state index in [0.29, 0.717) is 6.61 Å². The van der Waals surface area contributed by atoms with Crippen LogP contribution in [-0.2, 0) is 0 Å². The van der Waals surface area contributed by atoms with Crippen LogP contribution in [0.5, 0.6) is 5.75 Å². The summed E-state index contributed by atoms with van der Waals surface area (Å²) in [6.45, 7) is 3.69. The molecule has 0 saturated carbocycles. The van der Waals surface area contributed by atoms with Crippen LogP contribution in [0.4, 0.5) is 0 Å². The quantitative estimate of drug-likeness (QED) is 0.822. The highest BCUT2D eigenvalue weighted by molar-refractivity contribution is 5.67. The third kappa shape index (κ3) is 3.80. The van der Waals surface area contributed by atoms with Crippen molar-refractivity contribution < 1.29 is 4.74 Å². The number of hydrogen-bond donors (Lipinski definition) is 0. The van der Waals surface area contributed by atoms with Gasteiger partial charge in [0.05, 0.1) is 0 Å². The zero-order chi connectivity index (χ0) is 13.7. The van der Waals surface area contributed by atoms with Gasteiger partial charge < -0.3 is 9.64 Å². The first-order valence-corrected chi connectivity index (χ1v) is 6.45. The molecule has 3 nitrogen and oxygen atoms in total. The molecule has 0 unspecified atom stereocenters. The van der Waals surface area contributed by atoms with Gasteiger partial charge in [0.25, 0.3) is 0 Å². The lowest BCUT2D eigenvalue weighted by Gasteiger charge is -2.12. The molecule has 1 heterocycles.